The molecule has 0 saturated carbocycles. The minimum Gasteiger partial charge on any atom is -0.372 e. The van der Waals surface area contributed by atoms with Crippen LogP contribution in [0.3, 0.4) is 0 Å². The standard InChI is InChI=1S/C22H25ClN6O3S/c1-5-28(6-2)16-9-7-15(8-10-16)20-25-26-22(27(20)4)33-14(3)21(30)24-19-12-11-17(29(31)32)13-18(19)23/h7-14H,5-6H2,1-4H3,(H,24,30). The lowest BCUT2D eigenvalue weighted by Gasteiger charge is -2.21. The summed E-state index contributed by atoms with van der Waals surface area (Å²) in [4.78, 5) is 25.2. The number of benzene rings is 2. The molecule has 1 N–H and O–H groups in total. The molecule has 0 saturated heterocycles. The van der Waals surface area contributed by atoms with Gasteiger partial charge in [-0.05, 0) is 51.1 Å². The molecule has 0 aliphatic heterocycles. The number of nitro benzene ring substituents is 1. The molecule has 11 heteroatoms. The number of thioether (sulfide) groups is 1. The maximum Gasteiger partial charge on any atom is 0.271 e. The molecule has 174 valence electrons. The molecule has 1 aromatic heterocycles. The summed E-state index contributed by atoms with van der Waals surface area (Å²) in [5.41, 5.74) is 2.25. The van der Waals surface area contributed by atoms with Crippen LogP contribution in [-0.4, -0.2) is 43.9 Å². The Bertz CT molecular complexity index is 1150. The summed E-state index contributed by atoms with van der Waals surface area (Å²) in [6.07, 6.45) is 0. The first-order chi connectivity index (χ1) is 15.7. The van der Waals surface area contributed by atoms with Crippen molar-refractivity contribution in [1.29, 1.82) is 0 Å². The zero-order chi connectivity index (χ0) is 24.1. The van der Waals surface area contributed by atoms with Crippen molar-refractivity contribution >= 4 is 46.3 Å². The first kappa shape index (κ1) is 24.5. The zero-order valence-corrected chi connectivity index (χ0v) is 20.4. The summed E-state index contributed by atoms with van der Waals surface area (Å²) in [7, 11) is 1.85. The molecule has 0 fully saturated rings. The second kappa shape index (κ2) is 10.7. The van der Waals surface area contributed by atoms with E-state index in [-0.39, 0.29) is 16.6 Å². The third-order valence-corrected chi connectivity index (χ3v) is 6.61. The van der Waals surface area contributed by atoms with Crippen molar-refractivity contribution < 1.29 is 9.72 Å². The fourth-order valence-corrected chi connectivity index (χ4v) is 4.28. The smallest absolute Gasteiger partial charge is 0.271 e. The number of hydrogen-bond acceptors (Lipinski definition) is 7. The van der Waals surface area contributed by atoms with Crippen molar-refractivity contribution in [2.24, 2.45) is 7.05 Å². The number of rotatable bonds is 9. The van der Waals surface area contributed by atoms with E-state index in [0.29, 0.717) is 16.7 Å². The van der Waals surface area contributed by atoms with Gasteiger partial charge in [-0.1, -0.05) is 23.4 Å². The molecule has 3 rings (SSSR count). The van der Waals surface area contributed by atoms with Crippen LogP contribution < -0.4 is 10.2 Å². The Morgan fingerprint density at radius 3 is 2.45 bits per heavy atom. The number of nitro groups is 1. The number of carbonyl (C=O) groups is 1. The van der Waals surface area contributed by atoms with Gasteiger partial charge in [0.05, 0.1) is 20.9 Å². The van der Waals surface area contributed by atoms with Gasteiger partial charge in [-0.2, -0.15) is 0 Å². The summed E-state index contributed by atoms with van der Waals surface area (Å²) >= 11 is 7.33. The van der Waals surface area contributed by atoms with Gasteiger partial charge in [0.15, 0.2) is 11.0 Å². The van der Waals surface area contributed by atoms with E-state index >= 15 is 0 Å². The molecule has 1 heterocycles. The number of amides is 1. The minimum absolute atomic E-state index is 0.101. The van der Waals surface area contributed by atoms with Crippen LogP contribution in [0.5, 0.6) is 0 Å². The Morgan fingerprint density at radius 1 is 1.21 bits per heavy atom. The summed E-state index contributed by atoms with van der Waals surface area (Å²) in [5, 5.41) is 22.3. The fourth-order valence-electron chi connectivity index (χ4n) is 3.24. The van der Waals surface area contributed by atoms with Gasteiger partial charge in [0.25, 0.3) is 5.69 Å². The van der Waals surface area contributed by atoms with E-state index in [1.807, 2.05) is 23.7 Å². The van der Waals surface area contributed by atoms with Gasteiger partial charge in [-0.25, -0.2) is 0 Å². The highest BCUT2D eigenvalue weighted by molar-refractivity contribution is 8.00. The molecule has 2 aromatic carbocycles. The molecule has 9 nitrogen and oxygen atoms in total. The van der Waals surface area contributed by atoms with Crippen LogP contribution >= 0.6 is 23.4 Å². The number of nitrogens with one attached hydrogen (secondary N) is 1. The van der Waals surface area contributed by atoms with Crippen LogP contribution in [0.15, 0.2) is 47.6 Å². The van der Waals surface area contributed by atoms with Crippen LogP contribution in [0.1, 0.15) is 20.8 Å². The van der Waals surface area contributed by atoms with E-state index in [2.05, 4.69) is 46.4 Å². The second-order valence-electron chi connectivity index (χ2n) is 7.25. The normalized spacial score (nSPS) is 11.8. The van der Waals surface area contributed by atoms with Crippen molar-refractivity contribution in [2.45, 2.75) is 31.2 Å². The number of halogens is 1. The van der Waals surface area contributed by atoms with Crippen LogP contribution in [0.25, 0.3) is 11.4 Å². The zero-order valence-electron chi connectivity index (χ0n) is 18.8. The molecule has 0 bridgehead atoms. The fraction of sp³-hybridized carbons (Fsp3) is 0.318. The molecule has 0 radical (unpaired) electrons. The molecule has 1 unspecified atom stereocenters. The third-order valence-electron chi connectivity index (χ3n) is 5.16. The Labute approximate surface area is 201 Å². The van der Waals surface area contributed by atoms with Crippen molar-refractivity contribution in [3.63, 3.8) is 0 Å². The quantitative estimate of drug-likeness (QED) is 0.256. The first-order valence-electron chi connectivity index (χ1n) is 10.4. The van der Waals surface area contributed by atoms with Crippen molar-refractivity contribution in [2.75, 3.05) is 23.3 Å². The average Bonchev–Trinajstić information content (AvgIpc) is 3.16. The maximum absolute atomic E-state index is 12.6. The monoisotopic (exact) mass is 488 g/mol. The summed E-state index contributed by atoms with van der Waals surface area (Å²) < 4.78 is 1.85. The van der Waals surface area contributed by atoms with Gasteiger partial charge in [-0.15, -0.1) is 10.2 Å². The van der Waals surface area contributed by atoms with Gasteiger partial charge in [0.2, 0.25) is 5.91 Å². The van der Waals surface area contributed by atoms with E-state index in [4.69, 9.17) is 11.6 Å². The van der Waals surface area contributed by atoms with Crippen LogP contribution in [0, 0.1) is 10.1 Å². The second-order valence-corrected chi connectivity index (χ2v) is 8.97. The topological polar surface area (TPSA) is 106 Å². The lowest BCUT2D eigenvalue weighted by molar-refractivity contribution is -0.384. The summed E-state index contributed by atoms with van der Waals surface area (Å²) in [6.45, 7) is 7.86. The van der Waals surface area contributed by atoms with E-state index in [0.717, 1.165) is 24.3 Å². The van der Waals surface area contributed by atoms with Gasteiger partial charge < -0.3 is 14.8 Å². The Hall–Kier alpha value is -3.11. The Kier molecular flexibility index (Phi) is 7.93. The summed E-state index contributed by atoms with van der Waals surface area (Å²) in [5.74, 6) is 0.401. The van der Waals surface area contributed by atoms with E-state index in [1.54, 1.807) is 6.92 Å². The number of hydrogen-bond donors (Lipinski definition) is 1. The molecule has 0 spiro atoms. The molecular formula is C22H25ClN6O3S. The molecule has 0 aliphatic carbocycles. The SMILES string of the molecule is CCN(CC)c1ccc(-c2nnc(SC(C)C(=O)Nc3ccc([N+](=O)[O-])cc3Cl)n2C)cc1. The molecule has 1 amide bonds. The molecule has 1 atom stereocenters. The highest BCUT2D eigenvalue weighted by Gasteiger charge is 2.21. The highest BCUT2D eigenvalue weighted by Crippen LogP contribution is 2.30. The highest BCUT2D eigenvalue weighted by atomic mass is 35.5. The molecular weight excluding hydrogens is 464 g/mol. The number of aromatic nitrogens is 3. The lowest BCUT2D eigenvalue weighted by Crippen LogP contribution is -2.23. The predicted octanol–water partition coefficient (Wildman–Crippen LogP) is 5.01. The Balaban J connectivity index is 1.69. The van der Waals surface area contributed by atoms with E-state index in [1.165, 1.54) is 30.0 Å². The molecule has 3 aromatic rings. The van der Waals surface area contributed by atoms with Gasteiger partial charge in [0.1, 0.15) is 0 Å². The largest absolute Gasteiger partial charge is 0.372 e. The number of carbonyl (C=O) groups excluding carboxylic acids is 1. The maximum atomic E-state index is 12.6. The Morgan fingerprint density at radius 2 is 1.88 bits per heavy atom. The first-order valence-corrected chi connectivity index (χ1v) is 11.7. The minimum atomic E-state index is -0.543. The molecule has 0 aliphatic rings. The van der Waals surface area contributed by atoms with Crippen LogP contribution in [0.2, 0.25) is 5.02 Å². The number of non-ortho nitro benzene ring substituents is 1. The van der Waals surface area contributed by atoms with Crippen molar-refractivity contribution in [3.8, 4) is 11.4 Å². The van der Waals surface area contributed by atoms with E-state index in [9.17, 15) is 14.9 Å². The number of anilines is 2. The lowest BCUT2D eigenvalue weighted by atomic mass is 10.2. The predicted molar refractivity (Wildman–Crippen MR) is 132 cm³/mol. The average molecular weight is 489 g/mol. The third kappa shape index (κ3) is 5.63. The van der Waals surface area contributed by atoms with Crippen LogP contribution in [0.4, 0.5) is 17.1 Å². The van der Waals surface area contributed by atoms with Gasteiger partial charge in [-0.3, -0.25) is 14.9 Å². The van der Waals surface area contributed by atoms with Gasteiger partial charge >= 0.3 is 0 Å². The van der Waals surface area contributed by atoms with Crippen LogP contribution in [-0.2, 0) is 11.8 Å². The van der Waals surface area contributed by atoms with Gasteiger partial charge in [0, 0.05) is 43.5 Å². The molecule has 33 heavy (non-hydrogen) atoms. The number of nitrogens with zero attached hydrogens (tertiary/aromatic N) is 5. The van der Waals surface area contributed by atoms with Crippen molar-refractivity contribution in [1.82, 2.24) is 14.8 Å². The summed E-state index contributed by atoms with van der Waals surface area (Å²) in [6, 6.07) is 12.1. The van der Waals surface area contributed by atoms with E-state index < -0.39 is 10.2 Å². The van der Waals surface area contributed by atoms with Crippen molar-refractivity contribution in [3.05, 3.63) is 57.6 Å².